The minimum Gasteiger partial charge on any atom is -0.453 e. The van der Waals surface area contributed by atoms with Crippen LogP contribution in [0.4, 0.5) is 14.5 Å². The molecule has 0 amide bonds. The Morgan fingerprint density at radius 2 is 1.92 bits per heavy atom. The number of hydrogen-bond donors (Lipinski definition) is 0. The van der Waals surface area contributed by atoms with E-state index in [0.717, 1.165) is 12.1 Å². The van der Waals surface area contributed by atoms with Crippen LogP contribution in [0.2, 0.25) is 0 Å². The molecular formula is C16H13BrF2N2O3. The van der Waals surface area contributed by atoms with Crippen molar-refractivity contribution in [1.29, 1.82) is 0 Å². The van der Waals surface area contributed by atoms with Gasteiger partial charge in [-0.15, -0.1) is 0 Å². The van der Waals surface area contributed by atoms with E-state index in [1.165, 1.54) is 12.1 Å². The third kappa shape index (κ3) is 4.29. The van der Waals surface area contributed by atoms with Crippen molar-refractivity contribution >= 4 is 27.7 Å². The summed E-state index contributed by atoms with van der Waals surface area (Å²) in [5.74, 6) is -1.61. The molecule has 0 fully saturated rings. The molecule has 24 heavy (non-hydrogen) atoms. The lowest BCUT2D eigenvalue weighted by Gasteiger charge is -2.10. The molecule has 0 atom stereocenters. The summed E-state index contributed by atoms with van der Waals surface area (Å²) in [6.45, 7) is 0. The first-order valence-electron chi connectivity index (χ1n) is 6.73. The van der Waals surface area contributed by atoms with Crippen LogP contribution < -0.4 is 4.74 Å². The lowest BCUT2D eigenvalue weighted by atomic mass is 10.1. The second kappa shape index (κ2) is 7.39. The third-order valence-electron chi connectivity index (χ3n) is 2.94. The van der Waals surface area contributed by atoms with E-state index in [1.54, 1.807) is 31.3 Å². The number of hydrogen-bond acceptors (Lipinski definition) is 4. The van der Waals surface area contributed by atoms with Crippen LogP contribution in [0.25, 0.3) is 6.08 Å². The fourth-order valence-corrected chi connectivity index (χ4v) is 2.25. The molecule has 5 nitrogen and oxygen atoms in total. The van der Waals surface area contributed by atoms with Gasteiger partial charge >= 0.3 is 0 Å². The molecule has 8 heteroatoms. The summed E-state index contributed by atoms with van der Waals surface area (Å²) in [5.41, 5.74) is 0.154. The quantitative estimate of drug-likeness (QED) is 0.527. The monoisotopic (exact) mass is 398 g/mol. The van der Waals surface area contributed by atoms with Gasteiger partial charge in [-0.05, 0) is 46.4 Å². The molecule has 0 saturated carbocycles. The van der Waals surface area contributed by atoms with Crippen molar-refractivity contribution in [3.63, 3.8) is 0 Å². The number of rotatable bonds is 5. The van der Waals surface area contributed by atoms with E-state index in [0.29, 0.717) is 6.07 Å². The molecule has 0 unspecified atom stereocenters. The van der Waals surface area contributed by atoms with E-state index >= 15 is 0 Å². The van der Waals surface area contributed by atoms with Gasteiger partial charge in [0.15, 0.2) is 11.6 Å². The fourth-order valence-electron chi connectivity index (χ4n) is 1.83. The first-order chi connectivity index (χ1) is 11.3. The van der Waals surface area contributed by atoms with Crippen molar-refractivity contribution in [1.82, 2.24) is 4.90 Å². The molecule has 0 aromatic heterocycles. The molecule has 0 N–H and O–H groups in total. The predicted octanol–water partition coefficient (Wildman–Crippen LogP) is 4.96. The second-order valence-electron chi connectivity index (χ2n) is 5.05. The Kier molecular flexibility index (Phi) is 5.50. The van der Waals surface area contributed by atoms with E-state index in [1.807, 2.05) is 0 Å². The van der Waals surface area contributed by atoms with Gasteiger partial charge in [0.05, 0.1) is 15.0 Å². The zero-order valence-electron chi connectivity index (χ0n) is 12.8. The SMILES string of the molecule is CN(C)/C=C/c1cc(Oc2ccc(F)cc2F)c(Br)cc1[N+](=O)[O-]. The van der Waals surface area contributed by atoms with Gasteiger partial charge in [-0.3, -0.25) is 10.1 Å². The maximum absolute atomic E-state index is 13.7. The van der Waals surface area contributed by atoms with Crippen LogP contribution in [0.1, 0.15) is 5.56 Å². The smallest absolute Gasteiger partial charge is 0.278 e. The zero-order valence-corrected chi connectivity index (χ0v) is 14.4. The van der Waals surface area contributed by atoms with Crippen LogP contribution in [0.5, 0.6) is 11.5 Å². The maximum Gasteiger partial charge on any atom is 0.278 e. The number of benzene rings is 2. The van der Waals surface area contributed by atoms with E-state index < -0.39 is 16.6 Å². The van der Waals surface area contributed by atoms with Crippen molar-refractivity contribution in [3.05, 3.63) is 68.3 Å². The Balaban J connectivity index is 2.46. The van der Waals surface area contributed by atoms with Gasteiger partial charge in [0.1, 0.15) is 11.6 Å². The van der Waals surface area contributed by atoms with Crippen molar-refractivity contribution in [3.8, 4) is 11.5 Å². The summed E-state index contributed by atoms with van der Waals surface area (Å²) in [5, 5.41) is 11.2. The number of halogens is 3. The first-order valence-corrected chi connectivity index (χ1v) is 7.52. The standard InChI is InChI=1S/C16H13BrF2N2O3/c1-20(2)6-5-10-7-16(12(17)9-14(10)21(22)23)24-15-4-3-11(18)8-13(15)19/h3-9H,1-2H3/b6-5+. The minimum atomic E-state index is -0.870. The van der Waals surface area contributed by atoms with Crippen LogP contribution in [0, 0.1) is 21.7 Å². The van der Waals surface area contributed by atoms with Gasteiger partial charge in [0, 0.05) is 26.2 Å². The summed E-state index contributed by atoms with van der Waals surface area (Å²) in [4.78, 5) is 12.4. The normalized spacial score (nSPS) is 10.9. The van der Waals surface area contributed by atoms with Crippen molar-refractivity contribution in [2.75, 3.05) is 14.1 Å². The molecule has 2 aromatic rings. The molecule has 2 rings (SSSR count). The summed E-state index contributed by atoms with van der Waals surface area (Å²) < 4.78 is 32.4. The topological polar surface area (TPSA) is 55.6 Å². The molecule has 0 spiro atoms. The average Bonchev–Trinajstić information content (AvgIpc) is 2.49. The summed E-state index contributed by atoms with van der Waals surface area (Å²) in [6.07, 6.45) is 3.18. The molecule has 0 saturated heterocycles. The highest BCUT2D eigenvalue weighted by Gasteiger charge is 2.18. The first kappa shape index (κ1) is 17.9. The fraction of sp³-hybridized carbons (Fsp3) is 0.125. The lowest BCUT2D eigenvalue weighted by Crippen LogP contribution is -2.00. The molecule has 0 bridgehead atoms. The number of nitrogens with zero attached hydrogens (tertiary/aromatic N) is 2. The predicted molar refractivity (Wildman–Crippen MR) is 89.9 cm³/mol. The van der Waals surface area contributed by atoms with E-state index in [2.05, 4.69) is 15.9 Å². The molecule has 0 radical (unpaired) electrons. The molecule has 126 valence electrons. The molecule has 0 aliphatic carbocycles. The van der Waals surface area contributed by atoms with Crippen LogP contribution in [-0.2, 0) is 0 Å². The average molecular weight is 399 g/mol. The van der Waals surface area contributed by atoms with Crippen LogP contribution in [-0.4, -0.2) is 23.9 Å². The van der Waals surface area contributed by atoms with Gasteiger partial charge in [-0.1, -0.05) is 0 Å². The van der Waals surface area contributed by atoms with Crippen molar-refractivity contribution in [2.45, 2.75) is 0 Å². The highest BCUT2D eigenvalue weighted by molar-refractivity contribution is 9.10. The third-order valence-corrected chi connectivity index (χ3v) is 3.56. The largest absolute Gasteiger partial charge is 0.453 e. The Hall–Kier alpha value is -2.48. The lowest BCUT2D eigenvalue weighted by molar-refractivity contribution is -0.385. The Bertz CT molecular complexity index is 810. The highest BCUT2D eigenvalue weighted by Crippen LogP contribution is 2.36. The zero-order chi connectivity index (χ0) is 17.9. The van der Waals surface area contributed by atoms with Gasteiger partial charge in [0.2, 0.25) is 0 Å². The van der Waals surface area contributed by atoms with Crippen LogP contribution in [0.3, 0.4) is 0 Å². The Morgan fingerprint density at radius 3 is 2.50 bits per heavy atom. The highest BCUT2D eigenvalue weighted by atomic mass is 79.9. The van der Waals surface area contributed by atoms with Crippen molar-refractivity contribution < 1.29 is 18.4 Å². The molecule has 0 heterocycles. The maximum atomic E-state index is 13.7. The molecule has 0 aliphatic rings. The Labute approximate surface area is 145 Å². The number of ether oxygens (including phenoxy) is 1. The number of nitro benzene ring substituents is 1. The van der Waals surface area contributed by atoms with Gasteiger partial charge < -0.3 is 9.64 Å². The summed E-state index contributed by atoms with van der Waals surface area (Å²) in [6, 6.07) is 5.58. The molecule has 0 aliphatic heterocycles. The number of nitro groups is 1. The van der Waals surface area contributed by atoms with Crippen LogP contribution in [0.15, 0.2) is 41.0 Å². The minimum absolute atomic E-state index is 0.132. The van der Waals surface area contributed by atoms with Gasteiger partial charge in [-0.2, -0.15) is 0 Å². The van der Waals surface area contributed by atoms with Gasteiger partial charge in [-0.25, -0.2) is 8.78 Å². The second-order valence-corrected chi connectivity index (χ2v) is 5.91. The van der Waals surface area contributed by atoms with E-state index in [9.17, 15) is 18.9 Å². The summed E-state index contributed by atoms with van der Waals surface area (Å²) in [7, 11) is 3.54. The van der Waals surface area contributed by atoms with Crippen molar-refractivity contribution in [2.24, 2.45) is 0 Å². The Morgan fingerprint density at radius 1 is 1.21 bits per heavy atom. The van der Waals surface area contributed by atoms with Crippen LogP contribution >= 0.6 is 15.9 Å². The van der Waals surface area contributed by atoms with Gasteiger partial charge in [0.25, 0.3) is 5.69 Å². The molecule has 2 aromatic carbocycles. The molecular weight excluding hydrogens is 386 g/mol. The van der Waals surface area contributed by atoms with E-state index in [4.69, 9.17) is 4.74 Å². The summed E-state index contributed by atoms with van der Waals surface area (Å²) >= 11 is 3.17. The van der Waals surface area contributed by atoms with E-state index in [-0.39, 0.29) is 27.2 Å².